The molecule has 9 nitrogen and oxygen atoms in total. The van der Waals surface area contributed by atoms with Gasteiger partial charge in [0.25, 0.3) is 5.91 Å². The third kappa shape index (κ3) is 3.47. The minimum atomic E-state index is -0.956. The molecule has 3 heterocycles. The molecule has 1 aromatic heterocycles. The first-order valence-corrected chi connectivity index (χ1v) is 9.33. The average molecular weight is 378 g/mol. The molecule has 148 valence electrons. The van der Waals surface area contributed by atoms with Gasteiger partial charge in [0.05, 0.1) is 25.1 Å². The van der Waals surface area contributed by atoms with Crippen LogP contribution in [0.25, 0.3) is 0 Å². The van der Waals surface area contributed by atoms with Crippen LogP contribution in [0.15, 0.2) is 10.8 Å². The van der Waals surface area contributed by atoms with Crippen LogP contribution in [0.5, 0.6) is 0 Å². The third-order valence-corrected chi connectivity index (χ3v) is 5.59. The molecule has 9 heteroatoms. The van der Waals surface area contributed by atoms with Crippen LogP contribution in [0.2, 0.25) is 0 Å². The molecule has 3 atom stereocenters. The highest BCUT2D eigenvalue weighted by atomic mass is 16.4. The fourth-order valence-corrected chi connectivity index (χ4v) is 3.92. The fraction of sp³-hybridized carbons (Fsp3) is 0.722. The number of β-lactam (4-membered cyclic amide) rings is 1. The first-order valence-electron chi connectivity index (χ1n) is 9.33. The van der Waals surface area contributed by atoms with Crippen molar-refractivity contribution in [3.8, 4) is 0 Å². The molecule has 0 saturated carbocycles. The van der Waals surface area contributed by atoms with Crippen LogP contribution in [0.3, 0.4) is 0 Å². The predicted molar refractivity (Wildman–Crippen MR) is 93.0 cm³/mol. The zero-order valence-corrected chi connectivity index (χ0v) is 15.9. The Hall–Kier alpha value is -2.29. The number of hydrogen-bond donors (Lipinski definition) is 1. The zero-order chi connectivity index (χ0) is 19.8. The van der Waals surface area contributed by atoms with Gasteiger partial charge in [0.15, 0.2) is 0 Å². The number of nitrogens with zero attached hydrogens (tertiary/aromatic N) is 4. The van der Waals surface area contributed by atoms with Gasteiger partial charge in [-0.05, 0) is 19.8 Å². The summed E-state index contributed by atoms with van der Waals surface area (Å²) in [5.74, 6) is -1.22. The molecular formula is C18H26N4O5. The quantitative estimate of drug-likeness (QED) is 0.682. The summed E-state index contributed by atoms with van der Waals surface area (Å²) in [5, 5.41) is 17.5. The lowest BCUT2D eigenvalue weighted by Crippen LogP contribution is -2.73. The minimum absolute atomic E-state index is 0.0133. The molecule has 2 amide bonds. The van der Waals surface area contributed by atoms with Crippen molar-refractivity contribution < 1.29 is 23.9 Å². The second kappa shape index (κ2) is 7.38. The van der Waals surface area contributed by atoms with Gasteiger partial charge < -0.3 is 19.3 Å². The van der Waals surface area contributed by atoms with E-state index in [1.807, 2.05) is 0 Å². The largest absolute Gasteiger partial charge is 0.426 e. The summed E-state index contributed by atoms with van der Waals surface area (Å²) in [6.45, 7) is 6.13. The van der Waals surface area contributed by atoms with Gasteiger partial charge in [0.2, 0.25) is 18.2 Å². The monoisotopic (exact) mass is 378 g/mol. The number of aromatic nitrogens is 2. The fourth-order valence-electron chi connectivity index (χ4n) is 3.92. The zero-order valence-electron chi connectivity index (χ0n) is 15.9. The summed E-state index contributed by atoms with van der Waals surface area (Å²) in [5.41, 5.74) is -0.870. The molecule has 2 aliphatic rings. The van der Waals surface area contributed by atoms with Gasteiger partial charge in [-0.2, -0.15) is 0 Å². The molecule has 3 unspecified atom stereocenters. The SMILES string of the molecule is CC(C)C(=O)CC(C(=O)N1CCCC12CN(Cc1nnco1)C2=O)C(C)O. The second-order valence-corrected chi connectivity index (χ2v) is 7.79. The van der Waals surface area contributed by atoms with Gasteiger partial charge in [0, 0.05) is 18.9 Å². The minimum Gasteiger partial charge on any atom is -0.426 e. The van der Waals surface area contributed by atoms with E-state index in [1.165, 1.54) is 13.3 Å². The van der Waals surface area contributed by atoms with Crippen molar-refractivity contribution in [1.82, 2.24) is 20.0 Å². The van der Waals surface area contributed by atoms with E-state index in [9.17, 15) is 19.5 Å². The number of hydrogen-bond acceptors (Lipinski definition) is 7. The van der Waals surface area contributed by atoms with Gasteiger partial charge >= 0.3 is 0 Å². The molecule has 1 spiro atoms. The Morgan fingerprint density at radius 1 is 1.37 bits per heavy atom. The Bertz CT molecular complexity index is 717. The lowest BCUT2D eigenvalue weighted by atomic mass is 9.83. The van der Waals surface area contributed by atoms with Crippen molar-refractivity contribution in [2.45, 2.75) is 58.2 Å². The number of carbonyl (C=O) groups excluding carboxylic acids is 3. The number of Topliss-reactive ketones (excluding diaryl/α,β-unsaturated/α-hetero) is 1. The van der Waals surface area contributed by atoms with Crippen molar-refractivity contribution in [3.63, 3.8) is 0 Å². The van der Waals surface area contributed by atoms with E-state index in [1.54, 1.807) is 23.6 Å². The van der Waals surface area contributed by atoms with Crippen LogP contribution in [0.4, 0.5) is 0 Å². The standard InChI is InChI=1S/C18H26N4O5/c1-11(2)14(24)7-13(12(3)23)16(25)22-6-4-5-18(22)9-21(17(18)26)8-15-20-19-10-27-15/h10-13,23H,4-9H2,1-3H3. The Morgan fingerprint density at radius 2 is 2.11 bits per heavy atom. The van der Waals surface area contributed by atoms with Crippen molar-refractivity contribution >= 4 is 17.6 Å². The van der Waals surface area contributed by atoms with Gasteiger partial charge in [0.1, 0.15) is 11.3 Å². The summed E-state index contributed by atoms with van der Waals surface area (Å²) in [4.78, 5) is 41.3. The molecule has 0 aliphatic carbocycles. The summed E-state index contributed by atoms with van der Waals surface area (Å²) >= 11 is 0. The van der Waals surface area contributed by atoms with Crippen LogP contribution in [-0.4, -0.2) is 67.4 Å². The van der Waals surface area contributed by atoms with Gasteiger partial charge in [-0.1, -0.05) is 13.8 Å². The summed E-state index contributed by atoms with van der Waals surface area (Å²) in [7, 11) is 0. The number of aliphatic hydroxyl groups is 1. The van der Waals surface area contributed by atoms with Crippen LogP contribution in [-0.2, 0) is 20.9 Å². The smallest absolute Gasteiger partial charge is 0.250 e. The van der Waals surface area contributed by atoms with E-state index in [-0.39, 0.29) is 36.5 Å². The number of amides is 2. The summed E-state index contributed by atoms with van der Waals surface area (Å²) in [6.07, 6.45) is 1.54. The second-order valence-electron chi connectivity index (χ2n) is 7.79. The van der Waals surface area contributed by atoms with Crippen molar-refractivity contribution in [2.75, 3.05) is 13.1 Å². The number of aliphatic hydroxyl groups excluding tert-OH is 1. The lowest BCUT2D eigenvalue weighted by Gasteiger charge is -2.51. The van der Waals surface area contributed by atoms with Gasteiger partial charge in [-0.15, -0.1) is 10.2 Å². The maximum Gasteiger partial charge on any atom is 0.250 e. The van der Waals surface area contributed by atoms with Crippen LogP contribution < -0.4 is 0 Å². The van der Waals surface area contributed by atoms with Crippen LogP contribution in [0.1, 0.15) is 45.9 Å². The molecule has 2 saturated heterocycles. The molecule has 2 aliphatic heterocycles. The predicted octanol–water partition coefficient (Wildman–Crippen LogP) is 0.385. The van der Waals surface area contributed by atoms with Gasteiger partial charge in [-0.3, -0.25) is 14.4 Å². The molecule has 1 aromatic rings. The molecule has 0 aromatic carbocycles. The van der Waals surface area contributed by atoms with Gasteiger partial charge in [-0.25, -0.2) is 0 Å². The Balaban J connectivity index is 1.72. The Labute approximate surface area is 157 Å². The number of carbonyl (C=O) groups is 3. The maximum absolute atomic E-state index is 13.1. The summed E-state index contributed by atoms with van der Waals surface area (Å²) in [6, 6.07) is 0. The highest BCUT2D eigenvalue weighted by Crippen LogP contribution is 2.41. The summed E-state index contributed by atoms with van der Waals surface area (Å²) < 4.78 is 5.08. The van der Waals surface area contributed by atoms with E-state index < -0.39 is 17.6 Å². The third-order valence-electron chi connectivity index (χ3n) is 5.59. The van der Waals surface area contributed by atoms with Crippen molar-refractivity contribution in [2.24, 2.45) is 11.8 Å². The molecule has 27 heavy (non-hydrogen) atoms. The average Bonchev–Trinajstić information content (AvgIpc) is 3.28. The van der Waals surface area contributed by atoms with E-state index in [4.69, 9.17) is 4.42 Å². The molecule has 2 fully saturated rings. The topological polar surface area (TPSA) is 117 Å². The molecule has 0 radical (unpaired) electrons. The lowest BCUT2D eigenvalue weighted by molar-refractivity contribution is -0.171. The van der Waals surface area contributed by atoms with E-state index in [2.05, 4.69) is 10.2 Å². The highest BCUT2D eigenvalue weighted by Gasteiger charge is 2.60. The molecule has 0 bridgehead atoms. The Kier molecular flexibility index (Phi) is 5.32. The van der Waals surface area contributed by atoms with Crippen LogP contribution >= 0.6 is 0 Å². The number of likely N-dealkylation sites (tertiary alicyclic amines) is 2. The number of ketones is 1. The first-order chi connectivity index (χ1) is 12.8. The highest BCUT2D eigenvalue weighted by molar-refractivity contribution is 5.98. The first kappa shape index (κ1) is 19.5. The maximum atomic E-state index is 13.1. The van der Waals surface area contributed by atoms with Crippen molar-refractivity contribution in [1.29, 1.82) is 0 Å². The van der Waals surface area contributed by atoms with E-state index in [0.717, 1.165) is 6.42 Å². The molecular weight excluding hydrogens is 352 g/mol. The van der Waals surface area contributed by atoms with Crippen LogP contribution in [0, 0.1) is 11.8 Å². The van der Waals surface area contributed by atoms with E-state index in [0.29, 0.717) is 25.4 Å². The van der Waals surface area contributed by atoms with E-state index >= 15 is 0 Å². The number of rotatable bonds is 7. The normalized spacial score (nSPS) is 24.4. The van der Waals surface area contributed by atoms with Crippen molar-refractivity contribution in [3.05, 3.63) is 12.3 Å². The Morgan fingerprint density at radius 3 is 2.67 bits per heavy atom. The molecule has 3 rings (SSSR count). The molecule has 1 N–H and O–H groups in total.